The molecule has 0 N–H and O–H groups in total. The lowest BCUT2D eigenvalue weighted by Gasteiger charge is -2.18. The van der Waals surface area contributed by atoms with Gasteiger partial charge in [0.1, 0.15) is 17.4 Å². The van der Waals surface area contributed by atoms with Crippen LogP contribution in [0, 0.1) is 11.6 Å². The Morgan fingerprint density at radius 3 is 2.17 bits per heavy atom. The van der Waals surface area contributed by atoms with Crippen LogP contribution in [0.15, 0.2) is 53.7 Å². The Kier molecular flexibility index (Phi) is 6.64. The van der Waals surface area contributed by atoms with Crippen molar-refractivity contribution in [2.45, 2.75) is 38.1 Å². The van der Waals surface area contributed by atoms with Gasteiger partial charge in [0, 0.05) is 11.6 Å². The summed E-state index contributed by atoms with van der Waals surface area (Å²) < 4.78 is 33.9. The zero-order valence-corrected chi connectivity index (χ0v) is 17.1. The zero-order chi connectivity index (χ0) is 21.0. The molecule has 1 unspecified atom stereocenters. The van der Waals surface area contributed by atoms with Gasteiger partial charge in [-0.3, -0.25) is 4.79 Å². The average Bonchev–Trinajstić information content (AvgIpc) is 3.13. The molecule has 0 radical (unpaired) electrons. The highest BCUT2D eigenvalue weighted by atomic mass is 32.2. The van der Waals surface area contributed by atoms with E-state index in [2.05, 4.69) is 10.2 Å². The van der Waals surface area contributed by atoms with Crippen LogP contribution in [0.25, 0.3) is 0 Å². The summed E-state index contributed by atoms with van der Waals surface area (Å²) in [6.07, 6.45) is -0.419. The number of nitrogens with zero attached hydrogens (tertiary/aromatic N) is 3. The molecule has 0 amide bonds. The van der Waals surface area contributed by atoms with Crippen molar-refractivity contribution < 1.29 is 18.3 Å². The second kappa shape index (κ2) is 9.17. The van der Waals surface area contributed by atoms with E-state index in [1.54, 1.807) is 12.1 Å². The van der Waals surface area contributed by atoms with E-state index in [0.29, 0.717) is 22.3 Å². The Labute approximate surface area is 172 Å². The van der Waals surface area contributed by atoms with Crippen molar-refractivity contribution in [1.82, 2.24) is 14.8 Å². The molecule has 0 fully saturated rings. The minimum Gasteiger partial charge on any atom is -0.483 e. The lowest BCUT2D eigenvalue weighted by molar-refractivity contribution is 0.102. The Morgan fingerprint density at radius 1 is 1.00 bits per heavy atom. The fraction of sp³-hybridized carbons (Fsp3) is 0.286. The third-order valence-electron chi connectivity index (χ3n) is 4.20. The predicted octanol–water partition coefficient (Wildman–Crippen LogP) is 5.25. The van der Waals surface area contributed by atoms with E-state index in [0.717, 1.165) is 0 Å². The summed E-state index contributed by atoms with van der Waals surface area (Å²) in [6.45, 7) is 5.82. The van der Waals surface area contributed by atoms with E-state index < -0.39 is 6.10 Å². The van der Waals surface area contributed by atoms with E-state index in [1.807, 2.05) is 25.3 Å². The van der Waals surface area contributed by atoms with E-state index >= 15 is 0 Å². The van der Waals surface area contributed by atoms with Gasteiger partial charge in [-0.25, -0.2) is 8.78 Å². The Hall–Kier alpha value is -2.74. The maximum Gasteiger partial charge on any atom is 0.192 e. The maximum absolute atomic E-state index is 13.1. The van der Waals surface area contributed by atoms with E-state index in [4.69, 9.17) is 4.74 Å². The van der Waals surface area contributed by atoms with Gasteiger partial charge in [0.15, 0.2) is 22.9 Å². The van der Waals surface area contributed by atoms with Crippen molar-refractivity contribution in [3.05, 3.63) is 71.6 Å². The summed E-state index contributed by atoms with van der Waals surface area (Å²) in [5, 5.41) is 9.06. The molecule has 1 aromatic heterocycles. The highest BCUT2D eigenvalue weighted by molar-refractivity contribution is 7.99. The molecule has 0 saturated carbocycles. The lowest BCUT2D eigenvalue weighted by Crippen LogP contribution is -2.14. The van der Waals surface area contributed by atoms with Crippen molar-refractivity contribution in [3.63, 3.8) is 0 Å². The largest absolute Gasteiger partial charge is 0.483 e. The van der Waals surface area contributed by atoms with Crippen LogP contribution in [0.3, 0.4) is 0 Å². The molecule has 2 aromatic carbocycles. The molecule has 0 saturated heterocycles. The fourth-order valence-electron chi connectivity index (χ4n) is 2.77. The molecule has 1 atom stereocenters. The highest BCUT2D eigenvalue weighted by Gasteiger charge is 2.22. The smallest absolute Gasteiger partial charge is 0.192 e. The minimum atomic E-state index is -0.419. The number of thioether (sulfide) groups is 1. The molecule has 5 nitrogen and oxygen atoms in total. The number of carbonyl (C=O) groups excluding carboxylic acids is 1. The molecule has 29 heavy (non-hydrogen) atoms. The van der Waals surface area contributed by atoms with Crippen LogP contribution < -0.4 is 4.74 Å². The van der Waals surface area contributed by atoms with Gasteiger partial charge in [-0.05, 0) is 69.3 Å². The molecule has 0 spiro atoms. The predicted molar refractivity (Wildman–Crippen MR) is 107 cm³/mol. The molecule has 1 heterocycles. The van der Waals surface area contributed by atoms with E-state index in [-0.39, 0.29) is 29.2 Å². The van der Waals surface area contributed by atoms with Crippen molar-refractivity contribution in [2.24, 2.45) is 0 Å². The van der Waals surface area contributed by atoms with Gasteiger partial charge in [-0.2, -0.15) is 0 Å². The van der Waals surface area contributed by atoms with Gasteiger partial charge in [-0.15, -0.1) is 10.2 Å². The molecular weight excluding hydrogens is 396 g/mol. The SMILES string of the molecule is CC(Oc1ccc(F)cc1)c1nnc(SCC(=O)c2ccc(F)cc2)n1C(C)C. The highest BCUT2D eigenvalue weighted by Crippen LogP contribution is 2.28. The molecule has 3 aromatic rings. The first-order valence-corrected chi connectivity index (χ1v) is 10.1. The molecule has 0 aliphatic heterocycles. The summed E-state index contributed by atoms with van der Waals surface area (Å²) in [6, 6.07) is 11.3. The third-order valence-corrected chi connectivity index (χ3v) is 5.14. The number of benzene rings is 2. The standard InChI is InChI=1S/C21H21F2N3O2S/c1-13(2)26-20(14(3)28-18-10-8-17(23)9-11-18)24-25-21(26)29-12-19(27)15-4-6-16(22)7-5-15/h4-11,13-14H,12H2,1-3H3. The summed E-state index contributed by atoms with van der Waals surface area (Å²) >= 11 is 1.27. The first-order chi connectivity index (χ1) is 13.8. The Morgan fingerprint density at radius 2 is 1.59 bits per heavy atom. The maximum atomic E-state index is 13.1. The van der Waals surface area contributed by atoms with E-state index in [9.17, 15) is 13.6 Å². The van der Waals surface area contributed by atoms with Crippen LogP contribution in [-0.4, -0.2) is 26.3 Å². The van der Waals surface area contributed by atoms with Crippen molar-refractivity contribution in [1.29, 1.82) is 0 Å². The summed E-state index contributed by atoms with van der Waals surface area (Å²) in [4.78, 5) is 12.4. The lowest BCUT2D eigenvalue weighted by atomic mass is 10.1. The molecule has 3 rings (SSSR count). The normalized spacial score (nSPS) is 12.2. The number of halogens is 2. The third kappa shape index (κ3) is 5.20. The zero-order valence-electron chi connectivity index (χ0n) is 16.3. The number of ketones is 1. The van der Waals surface area contributed by atoms with E-state index in [1.165, 1.54) is 48.2 Å². The summed E-state index contributed by atoms with van der Waals surface area (Å²) in [5.41, 5.74) is 0.447. The topological polar surface area (TPSA) is 57.0 Å². The summed E-state index contributed by atoms with van der Waals surface area (Å²) in [5.74, 6) is 0.460. The number of rotatable bonds is 8. The van der Waals surface area contributed by atoms with Gasteiger partial charge in [-0.1, -0.05) is 11.8 Å². The Balaban J connectivity index is 1.73. The average molecular weight is 417 g/mol. The van der Waals surface area contributed by atoms with Crippen LogP contribution in [0.1, 0.15) is 49.1 Å². The van der Waals surface area contributed by atoms with Crippen LogP contribution in [0.4, 0.5) is 8.78 Å². The second-order valence-corrected chi connectivity index (χ2v) is 7.68. The molecular formula is C21H21F2N3O2S. The van der Waals surface area contributed by atoms with Crippen LogP contribution in [-0.2, 0) is 0 Å². The van der Waals surface area contributed by atoms with Gasteiger partial charge in [0.05, 0.1) is 5.75 Å². The number of aromatic nitrogens is 3. The van der Waals surface area contributed by atoms with Gasteiger partial charge >= 0.3 is 0 Å². The van der Waals surface area contributed by atoms with Crippen LogP contribution in [0.2, 0.25) is 0 Å². The monoisotopic (exact) mass is 417 g/mol. The number of hydrogen-bond donors (Lipinski definition) is 0. The Bertz CT molecular complexity index is 973. The summed E-state index contributed by atoms with van der Waals surface area (Å²) in [7, 11) is 0. The van der Waals surface area contributed by atoms with Crippen molar-refractivity contribution >= 4 is 17.5 Å². The van der Waals surface area contributed by atoms with Gasteiger partial charge < -0.3 is 9.30 Å². The minimum absolute atomic E-state index is 0.0442. The number of carbonyl (C=O) groups is 1. The first kappa shape index (κ1) is 21.0. The van der Waals surface area contributed by atoms with Gasteiger partial charge in [0.25, 0.3) is 0 Å². The number of Topliss-reactive ketones (excluding diaryl/α,β-unsaturated/α-hetero) is 1. The molecule has 0 aliphatic carbocycles. The van der Waals surface area contributed by atoms with Crippen LogP contribution >= 0.6 is 11.8 Å². The second-order valence-electron chi connectivity index (χ2n) is 6.74. The number of hydrogen-bond acceptors (Lipinski definition) is 5. The van der Waals surface area contributed by atoms with Crippen molar-refractivity contribution in [2.75, 3.05) is 5.75 Å². The quantitative estimate of drug-likeness (QED) is 0.370. The molecule has 0 bridgehead atoms. The molecule has 0 aliphatic rings. The van der Waals surface area contributed by atoms with Crippen LogP contribution in [0.5, 0.6) is 5.75 Å². The van der Waals surface area contributed by atoms with Crippen molar-refractivity contribution in [3.8, 4) is 5.75 Å². The number of ether oxygens (including phenoxy) is 1. The first-order valence-electron chi connectivity index (χ1n) is 9.13. The van der Waals surface area contributed by atoms with Gasteiger partial charge in [0.2, 0.25) is 0 Å². The molecule has 8 heteroatoms. The fourth-order valence-corrected chi connectivity index (χ4v) is 3.74. The molecule has 152 valence electrons.